The summed E-state index contributed by atoms with van der Waals surface area (Å²) < 4.78 is 0.767. The van der Waals surface area contributed by atoms with E-state index in [9.17, 15) is 4.79 Å². The van der Waals surface area contributed by atoms with Crippen molar-refractivity contribution < 1.29 is 4.79 Å². The van der Waals surface area contributed by atoms with Crippen molar-refractivity contribution in [2.75, 3.05) is 29.0 Å². The molecule has 3 N–H and O–H groups in total. The first-order valence-electron chi connectivity index (χ1n) is 8.66. The van der Waals surface area contributed by atoms with Gasteiger partial charge in [0.05, 0.1) is 16.9 Å². The lowest BCUT2D eigenvalue weighted by atomic mass is 9.98. The summed E-state index contributed by atoms with van der Waals surface area (Å²) in [6.45, 7) is 6.47. The molecule has 1 fully saturated rings. The third kappa shape index (κ3) is 3.98. The van der Waals surface area contributed by atoms with Gasteiger partial charge in [0.1, 0.15) is 0 Å². The molecule has 1 saturated heterocycles. The first-order valence-corrected chi connectivity index (χ1v) is 9.46. The summed E-state index contributed by atoms with van der Waals surface area (Å²) >= 11 is 3.42. The Morgan fingerprint density at radius 2 is 1.92 bits per heavy atom. The van der Waals surface area contributed by atoms with Gasteiger partial charge < -0.3 is 16.0 Å². The number of benzene rings is 2. The Morgan fingerprint density at radius 3 is 2.60 bits per heavy atom. The molecule has 2 aromatic rings. The molecule has 0 bridgehead atoms. The van der Waals surface area contributed by atoms with Gasteiger partial charge in [0.15, 0.2) is 0 Å². The second-order valence-electron chi connectivity index (χ2n) is 6.83. The van der Waals surface area contributed by atoms with E-state index in [1.807, 2.05) is 30.3 Å². The highest BCUT2D eigenvalue weighted by Gasteiger charge is 2.19. The minimum atomic E-state index is -0.166. The minimum Gasteiger partial charge on any atom is -0.397 e. The molecule has 25 heavy (non-hydrogen) atoms. The van der Waals surface area contributed by atoms with Crippen molar-refractivity contribution in [1.82, 2.24) is 0 Å². The Hall–Kier alpha value is -2.01. The Bertz CT molecular complexity index is 783. The fourth-order valence-corrected chi connectivity index (χ4v) is 3.72. The lowest BCUT2D eigenvalue weighted by Gasteiger charge is -2.33. The molecular formula is C20H24BrN3O. The number of nitrogen functional groups attached to an aromatic ring is 1. The van der Waals surface area contributed by atoms with Gasteiger partial charge in [-0.25, -0.2) is 0 Å². The largest absolute Gasteiger partial charge is 0.397 e. The Balaban J connectivity index is 1.85. The van der Waals surface area contributed by atoms with Crippen molar-refractivity contribution >= 4 is 38.9 Å². The van der Waals surface area contributed by atoms with Gasteiger partial charge in [-0.15, -0.1) is 0 Å². The van der Waals surface area contributed by atoms with E-state index >= 15 is 0 Å². The molecule has 1 aliphatic heterocycles. The van der Waals surface area contributed by atoms with Crippen LogP contribution in [0.15, 0.2) is 40.9 Å². The average molecular weight is 402 g/mol. The zero-order valence-corrected chi connectivity index (χ0v) is 16.3. The number of hydrogen-bond donors (Lipinski definition) is 2. The van der Waals surface area contributed by atoms with E-state index in [0.29, 0.717) is 16.9 Å². The lowest BCUT2D eigenvalue weighted by molar-refractivity contribution is 0.102. The predicted octanol–water partition coefficient (Wildman–Crippen LogP) is 4.83. The number of carbonyl (C=O) groups excluding carboxylic acids is 1. The third-order valence-electron chi connectivity index (χ3n) is 4.86. The van der Waals surface area contributed by atoms with Crippen LogP contribution < -0.4 is 16.0 Å². The van der Waals surface area contributed by atoms with Gasteiger partial charge in [-0.2, -0.15) is 0 Å². The van der Waals surface area contributed by atoms with Crippen LogP contribution in [0.25, 0.3) is 0 Å². The summed E-state index contributed by atoms with van der Waals surface area (Å²) in [4.78, 5) is 15.0. The number of nitrogens with one attached hydrogen (secondary N) is 1. The van der Waals surface area contributed by atoms with Crippen LogP contribution in [0.1, 0.15) is 35.7 Å². The van der Waals surface area contributed by atoms with Gasteiger partial charge in [-0.1, -0.05) is 19.1 Å². The van der Waals surface area contributed by atoms with Crippen LogP contribution >= 0.6 is 15.9 Å². The molecular weight excluding hydrogens is 378 g/mol. The predicted molar refractivity (Wildman–Crippen MR) is 108 cm³/mol. The zero-order chi connectivity index (χ0) is 18.0. The van der Waals surface area contributed by atoms with E-state index in [-0.39, 0.29) is 5.91 Å². The van der Waals surface area contributed by atoms with Crippen molar-refractivity contribution in [2.24, 2.45) is 5.92 Å². The summed E-state index contributed by atoms with van der Waals surface area (Å²) in [5, 5.41) is 2.96. The van der Waals surface area contributed by atoms with E-state index in [1.165, 1.54) is 12.8 Å². The highest BCUT2D eigenvalue weighted by Crippen LogP contribution is 2.32. The lowest BCUT2D eigenvalue weighted by Crippen LogP contribution is -2.33. The van der Waals surface area contributed by atoms with E-state index in [0.717, 1.165) is 34.7 Å². The maximum absolute atomic E-state index is 12.6. The topological polar surface area (TPSA) is 58.4 Å². The van der Waals surface area contributed by atoms with Gasteiger partial charge in [-0.3, -0.25) is 4.79 Å². The van der Waals surface area contributed by atoms with Gasteiger partial charge in [0, 0.05) is 23.2 Å². The van der Waals surface area contributed by atoms with Gasteiger partial charge in [0.25, 0.3) is 5.91 Å². The van der Waals surface area contributed by atoms with Gasteiger partial charge in [-0.05, 0) is 71.4 Å². The number of hydrogen-bond acceptors (Lipinski definition) is 3. The maximum atomic E-state index is 12.6. The van der Waals surface area contributed by atoms with Crippen molar-refractivity contribution in [1.29, 1.82) is 0 Å². The van der Waals surface area contributed by atoms with Crippen LogP contribution in [0.4, 0.5) is 17.1 Å². The highest BCUT2D eigenvalue weighted by molar-refractivity contribution is 9.10. The Kier molecular flexibility index (Phi) is 5.33. The van der Waals surface area contributed by atoms with Crippen molar-refractivity contribution in [2.45, 2.75) is 26.7 Å². The van der Waals surface area contributed by atoms with Crippen molar-refractivity contribution in [3.8, 4) is 0 Å². The molecule has 0 radical (unpaired) electrons. The molecule has 0 saturated carbocycles. The van der Waals surface area contributed by atoms with Gasteiger partial charge >= 0.3 is 0 Å². The Labute approximate surface area is 157 Å². The SMILES string of the molecule is Cc1cc(N)c(NC(=O)c2ccccc2Br)cc1N1CCC(C)CC1. The number of piperidine rings is 1. The summed E-state index contributed by atoms with van der Waals surface area (Å²) in [7, 11) is 0. The first kappa shape index (κ1) is 17.8. The molecule has 3 rings (SSSR count). The number of anilines is 3. The number of nitrogens with zero attached hydrogens (tertiary/aromatic N) is 1. The summed E-state index contributed by atoms with van der Waals surface area (Å²) in [6, 6.07) is 11.3. The van der Waals surface area contributed by atoms with E-state index in [1.54, 1.807) is 6.07 Å². The molecule has 1 heterocycles. The van der Waals surface area contributed by atoms with Crippen molar-refractivity contribution in [3.63, 3.8) is 0 Å². The molecule has 0 spiro atoms. The monoisotopic (exact) mass is 401 g/mol. The molecule has 1 aliphatic rings. The van der Waals surface area contributed by atoms with E-state index in [4.69, 9.17) is 5.73 Å². The van der Waals surface area contributed by atoms with E-state index in [2.05, 4.69) is 40.0 Å². The quantitative estimate of drug-likeness (QED) is 0.724. The number of rotatable bonds is 3. The van der Waals surface area contributed by atoms with Crippen LogP contribution in [0.3, 0.4) is 0 Å². The second-order valence-corrected chi connectivity index (χ2v) is 7.68. The van der Waals surface area contributed by atoms with E-state index < -0.39 is 0 Å². The van der Waals surface area contributed by atoms with Crippen LogP contribution in [-0.4, -0.2) is 19.0 Å². The standard InChI is InChI=1S/C20H24BrN3O/c1-13-7-9-24(10-8-13)19-12-18(17(22)11-14(19)2)23-20(25)15-5-3-4-6-16(15)21/h3-6,11-13H,7-10,22H2,1-2H3,(H,23,25). The first-order chi connectivity index (χ1) is 12.0. The summed E-state index contributed by atoms with van der Waals surface area (Å²) in [6.07, 6.45) is 2.39. The molecule has 0 aliphatic carbocycles. The second kappa shape index (κ2) is 7.48. The number of carbonyl (C=O) groups is 1. The number of nitrogens with two attached hydrogens (primary N) is 1. The van der Waals surface area contributed by atoms with Crippen molar-refractivity contribution in [3.05, 3.63) is 52.0 Å². The van der Waals surface area contributed by atoms with Crippen LogP contribution in [0, 0.1) is 12.8 Å². The molecule has 4 nitrogen and oxygen atoms in total. The zero-order valence-electron chi connectivity index (χ0n) is 14.7. The number of amides is 1. The molecule has 1 amide bonds. The number of halogens is 1. The smallest absolute Gasteiger partial charge is 0.256 e. The molecule has 0 atom stereocenters. The summed E-state index contributed by atoms with van der Waals surface area (Å²) in [5.41, 5.74) is 10.3. The van der Waals surface area contributed by atoms with Crippen LogP contribution in [-0.2, 0) is 0 Å². The number of aryl methyl sites for hydroxylation is 1. The fourth-order valence-electron chi connectivity index (χ4n) is 3.25. The maximum Gasteiger partial charge on any atom is 0.256 e. The van der Waals surface area contributed by atoms with Crippen LogP contribution in [0.5, 0.6) is 0 Å². The fraction of sp³-hybridized carbons (Fsp3) is 0.350. The molecule has 2 aromatic carbocycles. The summed E-state index contributed by atoms with van der Waals surface area (Å²) in [5.74, 6) is 0.612. The molecule has 5 heteroatoms. The molecule has 132 valence electrons. The minimum absolute atomic E-state index is 0.166. The highest BCUT2D eigenvalue weighted by atomic mass is 79.9. The molecule has 0 aromatic heterocycles. The average Bonchev–Trinajstić information content (AvgIpc) is 2.58. The molecule has 0 unspecified atom stereocenters. The third-order valence-corrected chi connectivity index (χ3v) is 5.55. The normalized spacial score (nSPS) is 15.2. The van der Waals surface area contributed by atoms with Gasteiger partial charge in [0.2, 0.25) is 0 Å². The Morgan fingerprint density at radius 1 is 1.24 bits per heavy atom. The van der Waals surface area contributed by atoms with Crippen LogP contribution in [0.2, 0.25) is 0 Å².